The molecule has 0 aliphatic carbocycles. The normalized spacial score (nSPS) is 12.9. The zero-order chi connectivity index (χ0) is 18.5. The molecular weight excluding hydrogens is 379 g/mol. The predicted octanol–water partition coefficient (Wildman–Crippen LogP) is 1.39. The van der Waals surface area contributed by atoms with Gasteiger partial charge in [-0.3, -0.25) is 4.79 Å². The molecule has 7 nitrogen and oxygen atoms in total. The molecule has 0 saturated carbocycles. The number of hydrogen-bond donors (Lipinski definition) is 2. The second-order valence-corrected chi connectivity index (χ2v) is 8.33. The lowest BCUT2D eigenvalue weighted by molar-refractivity contribution is -0.141. The van der Waals surface area contributed by atoms with Gasteiger partial charge >= 0.3 is 5.97 Å². The minimum Gasteiger partial charge on any atom is -0.480 e. The Labute approximate surface area is 150 Å². The molecule has 1 aromatic rings. The van der Waals surface area contributed by atoms with Gasteiger partial charge in [-0.1, -0.05) is 23.2 Å². The van der Waals surface area contributed by atoms with Crippen LogP contribution >= 0.6 is 23.2 Å². The van der Waals surface area contributed by atoms with Crippen molar-refractivity contribution < 1.29 is 23.1 Å². The zero-order valence-electron chi connectivity index (χ0n) is 13.1. The van der Waals surface area contributed by atoms with Crippen LogP contribution in [0.4, 0.5) is 0 Å². The highest BCUT2D eigenvalue weighted by Gasteiger charge is 2.24. The van der Waals surface area contributed by atoms with Crippen LogP contribution in [-0.4, -0.2) is 55.1 Å². The Morgan fingerprint density at radius 2 is 1.79 bits per heavy atom. The summed E-state index contributed by atoms with van der Waals surface area (Å²) in [6, 6.07) is 3.36. The average molecular weight is 397 g/mol. The van der Waals surface area contributed by atoms with E-state index in [0.717, 1.165) is 4.31 Å². The topological polar surface area (TPSA) is 104 Å². The number of nitrogens with one attached hydrogen (secondary N) is 1. The Bertz CT molecular complexity index is 704. The number of carbonyl (C=O) groups excluding carboxylic acids is 1. The molecule has 2 N–H and O–H groups in total. The van der Waals surface area contributed by atoms with Crippen LogP contribution in [0.2, 0.25) is 10.0 Å². The molecule has 1 atom stereocenters. The molecule has 1 rings (SSSR count). The number of hydrogen-bond acceptors (Lipinski definition) is 4. The van der Waals surface area contributed by atoms with E-state index in [4.69, 9.17) is 23.2 Å². The Hall–Kier alpha value is -1.35. The SMILES string of the molecule is CCS(=O)(=O)N(C)CC(=O)NC(Cc1cc(Cl)cc(Cl)c1)C(=O)O. The summed E-state index contributed by atoms with van der Waals surface area (Å²) in [5.41, 5.74) is 0.537. The molecule has 0 aromatic heterocycles. The van der Waals surface area contributed by atoms with Crippen LogP contribution in [0.15, 0.2) is 18.2 Å². The van der Waals surface area contributed by atoms with Crippen molar-refractivity contribution in [1.29, 1.82) is 0 Å². The van der Waals surface area contributed by atoms with Crippen molar-refractivity contribution in [2.45, 2.75) is 19.4 Å². The van der Waals surface area contributed by atoms with Crippen molar-refractivity contribution >= 4 is 45.1 Å². The van der Waals surface area contributed by atoms with Crippen LogP contribution in [0.5, 0.6) is 0 Å². The van der Waals surface area contributed by atoms with E-state index < -0.39 is 34.5 Å². The summed E-state index contributed by atoms with van der Waals surface area (Å²) in [4.78, 5) is 23.3. The highest BCUT2D eigenvalue weighted by Crippen LogP contribution is 2.20. The second-order valence-electron chi connectivity index (χ2n) is 5.10. The lowest BCUT2D eigenvalue weighted by atomic mass is 10.1. The third kappa shape index (κ3) is 6.27. The molecule has 0 heterocycles. The van der Waals surface area contributed by atoms with Crippen molar-refractivity contribution in [1.82, 2.24) is 9.62 Å². The van der Waals surface area contributed by atoms with Crippen LogP contribution in [0.1, 0.15) is 12.5 Å². The average Bonchev–Trinajstić information content (AvgIpc) is 2.45. The van der Waals surface area contributed by atoms with E-state index in [0.29, 0.717) is 15.6 Å². The van der Waals surface area contributed by atoms with Crippen molar-refractivity contribution in [3.8, 4) is 0 Å². The first kappa shape index (κ1) is 20.7. The monoisotopic (exact) mass is 396 g/mol. The van der Waals surface area contributed by atoms with Gasteiger partial charge in [-0.05, 0) is 30.7 Å². The molecule has 0 saturated heterocycles. The van der Waals surface area contributed by atoms with Crippen molar-refractivity contribution in [3.63, 3.8) is 0 Å². The van der Waals surface area contributed by atoms with E-state index in [-0.39, 0.29) is 12.2 Å². The largest absolute Gasteiger partial charge is 0.480 e. The summed E-state index contributed by atoms with van der Waals surface area (Å²) in [5, 5.41) is 12.2. The molecule has 0 aliphatic rings. The Kier molecular flexibility index (Phi) is 7.47. The van der Waals surface area contributed by atoms with Gasteiger partial charge in [-0.15, -0.1) is 0 Å². The lowest BCUT2D eigenvalue weighted by Gasteiger charge is -2.19. The van der Waals surface area contributed by atoms with Crippen LogP contribution < -0.4 is 5.32 Å². The van der Waals surface area contributed by atoms with Gasteiger partial charge in [0, 0.05) is 23.5 Å². The summed E-state index contributed by atoms with van der Waals surface area (Å²) in [6.07, 6.45) is -0.0361. The first-order chi connectivity index (χ1) is 11.0. The van der Waals surface area contributed by atoms with Crippen LogP contribution in [-0.2, 0) is 26.0 Å². The molecule has 134 valence electrons. The fourth-order valence-corrected chi connectivity index (χ4v) is 3.25. The molecular formula is C14H18Cl2N2O5S. The fourth-order valence-electron chi connectivity index (χ4n) is 1.93. The maximum absolute atomic E-state index is 11.9. The maximum Gasteiger partial charge on any atom is 0.326 e. The first-order valence-corrected chi connectivity index (χ1v) is 9.32. The second kappa shape index (κ2) is 8.66. The van der Waals surface area contributed by atoms with Crippen molar-refractivity contribution in [2.24, 2.45) is 0 Å². The molecule has 1 aromatic carbocycles. The van der Waals surface area contributed by atoms with Crippen LogP contribution in [0.25, 0.3) is 0 Å². The number of benzene rings is 1. The number of nitrogens with zero attached hydrogens (tertiary/aromatic N) is 1. The van der Waals surface area contributed by atoms with E-state index in [9.17, 15) is 23.1 Å². The molecule has 10 heteroatoms. The molecule has 1 unspecified atom stereocenters. The summed E-state index contributed by atoms with van der Waals surface area (Å²) in [5.74, 6) is -2.12. The summed E-state index contributed by atoms with van der Waals surface area (Å²) < 4.78 is 24.1. The third-order valence-electron chi connectivity index (χ3n) is 3.20. The van der Waals surface area contributed by atoms with Gasteiger partial charge in [0.2, 0.25) is 15.9 Å². The van der Waals surface area contributed by atoms with Gasteiger partial charge in [0.25, 0.3) is 0 Å². The molecule has 0 fully saturated rings. The lowest BCUT2D eigenvalue weighted by Crippen LogP contribution is -2.47. The van der Waals surface area contributed by atoms with Gasteiger partial charge in [0.1, 0.15) is 6.04 Å². The Morgan fingerprint density at radius 3 is 2.25 bits per heavy atom. The minimum atomic E-state index is -3.53. The minimum absolute atomic E-state index is 0.0361. The molecule has 0 radical (unpaired) electrons. The Balaban J connectivity index is 2.79. The number of amides is 1. The molecule has 0 bridgehead atoms. The van der Waals surface area contributed by atoms with E-state index >= 15 is 0 Å². The smallest absolute Gasteiger partial charge is 0.326 e. The fraction of sp³-hybridized carbons (Fsp3) is 0.429. The molecule has 1 amide bonds. The van der Waals surface area contributed by atoms with E-state index in [1.807, 2.05) is 0 Å². The number of carboxylic acids is 1. The van der Waals surface area contributed by atoms with Gasteiger partial charge in [-0.2, -0.15) is 4.31 Å². The number of aliphatic carboxylic acids is 1. The van der Waals surface area contributed by atoms with E-state index in [2.05, 4.69) is 5.32 Å². The van der Waals surface area contributed by atoms with Crippen molar-refractivity contribution in [3.05, 3.63) is 33.8 Å². The molecule has 0 aliphatic heterocycles. The van der Waals surface area contributed by atoms with E-state index in [1.165, 1.54) is 20.0 Å². The highest BCUT2D eigenvalue weighted by atomic mass is 35.5. The standard InChI is InChI=1S/C14H18Cl2N2O5S/c1-3-24(22,23)18(2)8-13(19)17-12(14(20)21)6-9-4-10(15)7-11(16)5-9/h4-5,7,12H,3,6,8H2,1-2H3,(H,17,19)(H,20,21). The van der Waals surface area contributed by atoms with Crippen molar-refractivity contribution in [2.75, 3.05) is 19.3 Å². The first-order valence-electron chi connectivity index (χ1n) is 6.96. The van der Waals surface area contributed by atoms with Gasteiger partial charge < -0.3 is 10.4 Å². The number of carboxylic acid groups (broad SMARTS) is 1. The van der Waals surface area contributed by atoms with Gasteiger partial charge in [-0.25, -0.2) is 13.2 Å². The number of halogens is 2. The molecule has 0 spiro atoms. The Morgan fingerprint density at radius 1 is 1.25 bits per heavy atom. The number of rotatable bonds is 8. The number of carbonyl (C=O) groups is 2. The number of sulfonamides is 1. The zero-order valence-corrected chi connectivity index (χ0v) is 15.5. The predicted molar refractivity (Wildman–Crippen MR) is 91.8 cm³/mol. The van der Waals surface area contributed by atoms with E-state index in [1.54, 1.807) is 12.1 Å². The quantitative estimate of drug-likeness (QED) is 0.690. The summed E-state index contributed by atoms with van der Waals surface area (Å²) in [6.45, 7) is 0.989. The molecule has 24 heavy (non-hydrogen) atoms. The number of likely N-dealkylation sites (N-methyl/N-ethyl adjacent to an activating group) is 1. The highest BCUT2D eigenvalue weighted by molar-refractivity contribution is 7.89. The van der Waals surface area contributed by atoms with Gasteiger partial charge in [0.15, 0.2) is 0 Å². The van der Waals surface area contributed by atoms with Crippen LogP contribution in [0.3, 0.4) is 0 Å². The maximum atomic E-state index is 11.9. The van der Waals surface area contributed by atoms with Gasteiger partial charge in [0.05, 0.1) is 12.3 Å². The summed E-state index contributed by atoms with van der Waals surface area (Å²) in [7, 11) is -2.27. The van der Waals surface area contributed by atoms with Crippen LogP contribution in [0, 0.1) is 0 Å². The summed E-state index contributed by atoms with van der Waals surface area (Å²) >= 11 is 11.7. The third-order valence-corrected chi connectivity index (χ3v) is 5.45.